The average molecular weight is 298 g/mol. The largest absolute Gasteiger partial charge is 0.496 e. The van der Waals surface area contributed by atoms with Gasteiger partial charge >= 0.3 is 0 Å². The lowest BCUT2D eigenvalue weighted by Crippen LogP contribution is -2.23. The fourth-order valence-electron chi connectivity index (χ4n) is 2.22. The second-order valence-electron chi connectivity index (χ2n) is 6.21. The molecule has 0 atom stereocenters. The molecule has 0 radical (unpaired) electrons. The van der Waals surface area contributed by atoms with Crippen LogP contribution in [0.15, 0.2) is 42.7 Å². The van der Waals surface area contributed by atoms with Gasteiger partial charge in [0, 0.05) is 30.1 Å². The van der Waals surface area contributed by atoms with E-state index in [1.165, 1.54) is 0 Å². The number of nitrogens with zero attached hydrogens (tertiary/aromatic N) is 1. The van der Waals surface area contributed by atoms with Crippen LogP contribution in [-0.2, 0) is 12.0 Å². The Kier molecular flexibility index (Phi) is 4.81. The van der Waals surface area contributed by atoms with Gasteiger partial charge in [-0.05, 0) is 35.2 Å². The van der Waals surface area contributed by atoms with Crippen molar-refractivity contribution in [3.8, 4) is 5.75 Å². The Balaban J connectivity index is 2.16. The zero-order valence-corrected chi connectivity index (χ0v) is 13.5. The number of pyridine rings is 1. The molecule has 4 heteroatoms. The van der Waals surface area contributed by atoms with Gasteiger partial charge in [0.15, 0.2) is 0 Å². The van der Waals surface area contributed by atoms with Crippen LogP contribution >= 0.6 is 0 Å². The molecule has 22 heavy (non-hydrogen) atoms. The first-order valence-electron chi connectivity index (χ1n) is 7.27. The minimum atomic E-state index is -0.1000. The number of hydrogen-bond acceptors (Lipinski definition) is 3. The standard InChI is InChI=1S/C18H22N2O2/c1-18(2,3)15-10-14(7-8-16(15)22-4)17(21)20-12-13-6-5-9-19-11-13/h5-11H,12H2,1-4H3,(H,20,21). The molecule has 1 heterocycles. The van der Waals surface area contributed by atoms with Gasteiger partial charge in [0.05, 0.1) is 7.11 Å². The summed E-state index contributed by atoms with van der Waals surface area (Å²) in [4.78, 5) is 16.4. The minimum absolute atomic E-state index is 0.0923. The van der Waals surface area contributed by atoms with Crippen molar-refractivity contribution in [3.63, 3.8) is 0 Å². The Bertz CT molecular complexity index is 646. The van der Waals surface area contributed by atoms with Crippen LogP contribution in [0, 0.1) is 0 Å². The van der Waals surface area contributed by atoms with Gasteiger partial charge in [-0.25, -0.2) is 0 Å². The van der Waals surface area contributed by atoms with Crippen molar-refractivity contribution in [3.05, 3.63) is 59.4 Å². The molecule has 2 rings (SSSR count). The maximum Gasteiger partial charge on any atom is 0.251 e. The number of hydrogen-bond donors (Lipinski definition) is 1. The third-order valence-corrected chi connectivity index (χ3v) is 3.45. The van der Waals surface area contributed by atoms with Gasteiger partial charge in [0.1, 0.15) is 5.75 Å². The molecular formula is C18H22N2O2. The molecular weight excluding hydrogens is 276 g/mol. The van der Waals surface area contributed by atoms with E-state index in [2.05, 4.69) is 31.1 Å². The summed E-state index contributed by atoms with van der Waals surface area (Å²) >= 11 is 0. The lowest BCUT2D eigenvalue weighted by Gasteiger charge is -2.22. The predicted molar refractivity (Wildman–Crippen MR) is 87.1 cm³/mol. The van der Waals surface area contributed by atoms with E-state index in [1.807, 2.05) is 24.3 Å². The van der Waals surface area contributed by atoms with Gasteiger partial charge in [-0.2, -0.15) is 0 Å². The highest BCUT2D eigenvalue weighted by molar-refractivity contribution is 5.94. The Hall–Kier alpha value is -2.36. The topological polar surface area (TPSA) is 51.2 Å². The van der Waals surface area contributed by atoms with E-state index in [1.54, 1.807) is 25.6 Å². The molecule has 2 aromatic rings. The molecule has 0 aliphatic carbocycles. The maximum atomic E-state index is 12.3. The van der Waals surface area contributed by atoms with Crippen LogP contribution in [0.1, 0.15) is 42.3 Å². The first kappa shape index (κ1) is 16.0. The number of carbonyl (C=O) groups is 1. The zero-order chi connectivity index (χ0) is 16.2. The molecule has 116 valence electrons. The molecule has 0 fully saturated rings. The van der Waals surface area contributed by atoms with E-state index < -0.39 is 0 Å². The molecule has 1 aromatic heterocycles. The first-order valence-corrected chi connectivity index (χ1v) is 7.27. The second-order valence-corrected chi connectivity index (χ2v) is 6.21. The Labute approximate surface area is 131 Å². The fourth-order valence-corrected chi connectivity index (χ4v) is 2.22. The number of rotatable bonds is 4. The normalized spacial score (nSPS) is 11.1. The summed E-state index contributed by atoms with van der Waals surface area (Å²) in [6.45, 7) is 6.76. The summed E-state index contributed by atoms with van der Waals surface area (Å²) in [6.07, 6.45) is 3.46. The highest BCUT2D eigenvalue weighted by Gasteiger charge is 2.20. The molecule has 0 saturated carbocycles. The van der Waals surface area contributed by atoms with E-state index in [4.69, 9.17) is 4.74 Å². The molecule has 0 spiro atoms. The molecule has 1 amide bonds. The van der Waals surface area contributed by atoms with Crippen LogP contribution in [0.5, 0.6) is 5.75 Å². The van der Waals surface area contributed by atoms with E-state index in [0.717, 1.165) is 16.9 Å². The summed E-state index contributed by atoms with van der Waals surface area (Å²) < 4.78 is 5.40. The minimum Gasteiger partial charge on any atom is -0.496 e. The summed E-state index contributed by atoms with van der Waals surface area (Å²) in [5, 5.41) is 2.91. The smallest absolute Gasteiger partial charge is 0.251 e. The third kappa shape index (κ3) is 3.85. The average Bonchev–Trinajstić information content (AvgIpc) is 2.52. The van der Waals surface area contributed by atoms with Crippen molar-refractivity contribution >= 4 is 5.91 Å². The third-order valence-electron chi connectivity index (χ3n) is 3.45. The SMILES string of the molecule is COc1ccc(C(=O)NCc2cccnc2)cc1C(C)(C)C. The monoisotopic (exact) mass is 298 g/mol. The second kappa shape index (κ2) is 6.60. The molecule has 0 aliphatic rings. The summed E-state index contributed by atoms with van der Waals surface area (Å²) in [5.74, 6) is 0.702. The van der Waals surface area contributed by atoms with Crippen molar-refractivity contribution in [2.45, 2.75) is 32.7 Å². The van der Waals surface area contributed by atoms with Crippen molar-refractivity contribution in [1.82, 2.24) is 10.3 Å². The van der Waals surface area contributed by atoms with Crippen molar-refractivity contribution < 1.29 is 9.53 Å². The number of ether oxygens (including phenoxy) is 1. The lowest BCUT2D eigenvalue weighted by atomic mass is 9.85. The lowest BCUT2D eigenvalue weighted by molar-refractivity contribution is 0.0950. The van der Waals surface area contributed by atoms with Gasteiger partial charge < -0.3 is 10.1 Å². The number of carbonyl (C=O) groups excluding carboxylic acids is 1. The predicted octanol–water partition coefficient (Wildman–Crippen LogP) is 3.32. The summed E-state index contributed by atoms with van der Waals surface area (Å²) in [6, 6.07) is 9.32. The molecule has 0 unspecified atom stereocenters. The van der Waals surface area contributed by atoms with Crippen molar-refractivity contribution in [1.29, 1.82) is 0 Å². The fraction of sp³-hybridized carbons (Fsp3) is 0.333. The zero-order valence-electron chi connectivity index (χ0n) is 13.5. The molecule has 1 aromatic carbocycles. The van der Waals surface area contributed by atoms with Crippen LogP contribution < -0.4 is 10.1 Å². The van der Waals surface area contributed by atoms with Gasteiger partial charge in [0.25, 0.3) is 5.91 Å². The van der Waals surface area contributed by atoms with Gasteiger partial charge in [0.2, 0.25) is 0 Å². The number of aromatic nitrogens is 1. The number of benzene rings is 1. The molecule has 0 aliphatic heterocycles. The van der Waals surface area contributed by atoms with Gasteiger partial charge in [-0.1, -0.05) is 26.8 Å². The Morgan fingerprint density at radius 1 is 1.27 bits per heavy atom. The Morgan fingerprint density at radius 3 is 2.64 bits per heavy atom. The van der Waals surface area contributed by atoms with Crippen LogP contribution in [0.3, 0.4) is 0 Å². The highest BCUT2D eigenvalue weighted by Crippen LogP contribution is 2.31. The Morgan fingerprint density at radius 2 is 2.05 bits per heavy atom. The van der Waals surface area contributed by atoms with E-state index in [-0.39, 0.29) is 11.3 Å². The highest BCUT2D eigenvalue weighted by atomic mass is 16.5. The van der Waals surface area contributed by atoms with E-state index in [9.17, 15) is 4.79 Å². The molecule has 1 N–H and O–H groups in total. The molecule has 0 bridgehead atoms. The maximum absolute atomic E-state index is 12.3. The number of amides is 1. The summed E-state index contributed by atoms with van der Waals surface area (Å²) in [5.41, 5.74) is 2.53. The first-order chi connectivity index (χ1) is 10.4. The van der Waals surface area contributed by atoms with Crippen LogP contribution in [0.25, 0.3) is 0 Å². The van der Waals surface area contributed by atoms with Gasteiger partial charge in [-0.15, -0.1) is 0 Å². The number of methoxy groups -OCH3 is 1. The molecule has 4 nitrogen and oxygen atoms in total. The van der Waals surface area contributed by atoms with Crippen molar-refractivity contribution in [2.24, 2.45) is 0 Å². The van der Waals surface area contributed by atoms with Crippen LogP contribution in [-0.4, -0.2) is 18.0 Å². The van der Waals surface area contributed by atoms with E-state index >= 15 is 0 Å². The molecule has 0 saturated heterocycles. The van der Waals surface area contributed by atoms with Crippen LogP contribution in [0.4, 0.5) is 0 Å². The van der Waals surface area contributed by atoms with Gasteiger partial charge in [-0.3, -0.25) is 9.78 Å². The number of nitrogens with one attached hydrogen (secondary N) is 1. The van der Waals surface area contributed by atoms with Crippen molar-refractivity contribution in [2.75, 3.05) is 7.11 Å². The van der Waals surface area contributed by atoms with Crippen LogP contribution in [0.2, 0.25) is 0 Å². The van der Waals surface area contributed by atoms with E-state index in [0.29, 0.717) is 12.1 Å². The summed E-state index contributed by atoms with van der Waals surface area (Å²) in [7, 11) is 1.65. The quantitative estimate of drug-likeness (QED) is 0.942.